The average molecular weight is 398 g/mol. The van der Waals surface area contributed by atoms with Crippen molar-refractivity contribution in [3.63, 3.8) is 0 Å². The van der Waals surface area contributed by atoms with Gasteiger partial charge in [-0.1, -0.05) is 6.42 Å². The lowest BCUT2D eigenvalue weighted by atomic mass is 10.0. The van der Waals surface area contributed by atoms with Crippen LogP contribution in [0.1, 0.15) is 32.6 Å². The Morgan fingerprint density at radius 1 is 1.21 bits per heavy atom. The van der Waals surface area contributed by atoms with E-state index in [0.717, 1.165) is 19.5 Å². The zero-order valence-electron chi connectivity index (χ0n) is 16.7. The summed E-state index contributed by atoms with van der Waals surface area (Å²) in [5.74, 6) is -0.673. The Labute approximate surface area is 168 Å². The van der Waals surface area contributed by atoms with Gasteiger partial charge in [-0.25, -0.2) is 4.39 Å². The van der Waals surface area contributed by atoms with Crippen molar-refractivity contribution < 1.29 is 9.18 Å². The predicted octanol–water partition coefficient (Wildman–Crippen LogP) is 2.77. The SMILES string of the molecule is C[C@@H]1CCCCN1CCCNC(=O)Cn1c(=O)c2cccn2c2ccc(F)cc21. The second kappa shape index (κ2) is 8.37. The molecule has 3 heterocycles. The van der Waals surface area contributed by atoms with E-state index in [9.17, 15) is 14.0 Å². The molecule has 6 nitrogen and oxygen atoms in total. The molecule has 1 atom stereocenters. The van der Waals surface area contributed by atoms with Crippen LogP contribution in [0.25, 0.3) is 16.6 Å². The molecule has 0 unspecified atom stereocenters. The normalized spacial score (nSPS) is 17.8. The van der Waals surface area contributed by atoms with Gasteiger partial charge in [-0.05, 0) is 63.1 Å². The molecular weight excluding hydrogens is 371 g/mol. The summed E-state index contributed by atoms with van der Waals surface area (Å²) in [6.45, 7) is 4.79. The maximum atomic E-state index is 13.8. The standard InChI is InChI=1S/C22H27FN4O2/c1-16-6-2-3-11-25(16)12-5-10-24-21(28)15-27-20-14-17(23)8-9-18(20)26-13-4-7-19(26)22(27)29/h4,7-9,13-14,16H,2-3,5-6,10-12,15H2,1H3,(H,24,28)/t16-/m1/s1. The van der Waals surface area contributed by atoms with Crippen molar-refractivity contribution in [1.29, 1.82) is 0 Å². The number of carbonyl (C=O) groups excluding carboxylic acids is 1. The number of likely N-dealkylation sites (tertiary alicyclic amines) is 1. The second-order valence-corrected chi connectivity index (χ2v) is 7.87. The Balaban J connectivity index is 1.45. The van der Waals surface area contributed by atoms with Crippen LogP contribution in [0.5, 0.6) is 0 Å². The summed E-state index contributed by atoms with van der Waals surface area (Å²) in [6.07, 6.45) is 6.41. The molecular formula is C22H27FN4O2. The van der Waals surface area contributed by atoms with Gasteiger partial charge >= 0.3 is 0 Å². The fourth-order valence-electron chi connectivity index (χ4n) is 4.29. The summed E-state index contributed by atoms with van der Waals surface area (Å²) in [4.78, 5) is 27.8. The van der Waals surface area contributed by atoms with Crippen LogP contribution in [0.2, 0.25) is 0 Å². The molecule has 3 aromatic rings. The van der Waals surface area contributed by atoms with Crippen molar-refractivity contribution in [2.45, 2.75) is 45.2 Å². The molecule has 1 aliphatic rings. The topological polar surface area (TPSA) is 58.8 Å². The van der Waals surface area contributed by atoms with E-state index in [1.807, 2.05) is 0 Å². The molecule has 0 radical (unpaired) electrons. The highest BCUT2D eigenvalue weighted by molar-refractivity contribution is 5.82. The first-order valence-corrected chi connectivity index (χ1v) is 10.3. The zero-order chi connectivity index (χ0) is 20.4. The number of piperidine rings is 1. The van der Waals surface area contributed by atoms with Gasteiger partial charge in [0.1, 0.15) is 17.9 Å². The molecule has 0 spiro atoms. The van der Waals surface area contributed by atoms with E-state index in [1.54, 1.807) is 28.8 Å². The number of aromatic nitrogens is 2. The van der Waals surface area contributed by atoms with Gasteiger partial charge in [0, 0.05) is 25.3 Å². The molecule has 7 heteroatoms. The molecule has 1 aromatic carbocycles. The molecule has 1 fully saturated rings. The summed E-state index contributed by atoms with van der Waals surface area (Å²) < 4.78 is 16.9. The lowest BCUT2D eigenvalue weighted by Gasteiger charge is -2.33. The number of nitrogens with one attached hydrogen (secondary N) is 1. The lowest BCUT2D eigenvalue weighted by Crippen LogP contribution is -2.39. The van der Waals surface area contributed by atoms with Crippen LogP contribution in [-0.4, -0.2) is 45.5 Å². The van der Waals surface area contributed by atoms with Gasteiger partial charge in [-0.3, -0.25) is 14.2 Å². The molecule has 0 aliphatic carbocycles. The molecule has 29 heavy (non-hydrogen) atoms. The number of hydrogen-bond donors (Lipinski definition) is 1. The van der Waals surface area contributed by atoms with E-state index in [1.165, 1.54) is 36.0 Å². The minimum absolute atomic E-state index is 0.124. The third-order valence-electron chi connectivity index (χ3n) is 5.89. The van der Waals surface area contributed by atoms with Crippen molar-refractivity contribution in [2.24, 2.45) is 0 Å². The average Bonchev–Trinajstić information content (AvgIpc) is 3.20. The van der Waals surface area contributed by atoms with Gasteiger partial charge in [0.25, 0.3) is 5.56 Å². The van der Waals surface area contributed by atoms with E-state index in [0.29, 0.717) is 29.1 Å². The molecule has 2 aromatic heterocycles. The maximum absolute atomic E-state index is 13.8. The molecule has 1 saturated heterocycles. The van der Waals surface area contributed by atoms with Gasteiger partial charge < -0.3 is 14.6 Å². The van der Waals surface area contributed by atoms with E-state index >= 15 is 0 Å². The quantitative estimate of drug-likeness (QED) is 0.650. The van der Waals surface area contributed by atoms with Gasteiger partial charge in [0.05, 0.1) is 11.0 Å². The zero-order valence-corrected chi connectivity index (χ0v) is 16.7. The number of hydrogen-bond acceptors (Lipinski definition) is 3. The number of halogens is 1. The molecule has 1 aliphatic heterocycles. The van der Waals surface area contributed by atoms with Gasteiger partial charge in [-0.2, -0.15) is 0 Å². The predicted molar refractivity (Wildman–Crippen MR) is 112 cm³/mol. The van der Waals surface area contributed by atoms with E-state index in [-0.39, 0.29) is 18.0 Å². The first-order valence-electron chi connectivity index (χ1n) is 10.3. The fraction of sp³-hybridized carbons (Fsp3) is 0.455. The van der Waals surface area contributed by atoms with E-state index in [2.05, 4.69) is 17.1 Å². The van der Waals surface area contributed by atoms with Crippen LogP contribution in [0.3, 0.4) is 0 Å². The largest absolute Gasteiger partial charge is 0.355 e. The molecule has 4 rings (SSSR count). The van der Waals surface area contributed by atoms with Crippen molar-refractivity contribution in [2.75, 3.05) is 19.6 Å². The van der Waals surface area contributed by atoms with Crippen LogP contribution in [0, 0.1) is 5.82 Å². The minimum atomic E-state index is -0.437. The third-order valence-corrected chi connectivity index (χ3v) is 5.89. The Morgan fingerprint density at radius 3 is 2.90 bits per heavy atom. The smallest absolute Gasteiger partial charge is 0.275 e. The summed E-state index contributed by atoms with van der Waals surface area (Å²) in [7, 11) is 0. The van der Waals surface area contributed by atoms with Crippen LogP contribution < -0.4 is 10.9 Å². The summed E-state index contributed by atoms with van der Waals surface area (Å²) in [5, 5.41) is 2.91. The number of rotatable bonds is 6. The number of amides is 1. The van der Waals surface area contributed by atoms with Crippen molar-refractivity contribution in [3.05, 3.63) is 52.7 Å². The monoisotopic (exact) mass is 398 g/mol. The number of fused-ring (bicyclic) bond motifs is 3. The Kier molecular flexibility index (Phi) is 5.67. The van der Waals surface area contributed by atoms with Crippen molar-refractivity contribution >= 4 is 22.5 Å². The van der Waals surface area contributed by atoms with Crippen LogP contribution in [-0.2, 0) is 11.3 Å². The fourth-order valence-corrected chi connectivity index (χ4v) is 4.29. The summed E-state index contributed by atoms with van der Waals surface area (Å²) >= 11 is 0. The van der Waals surface area contributed by atoms with Crippen LogP contribution >= 0.6 is 0 Å². The first-order chi connectivity index (χ1) is 14.0. The lowest BCUT2D eigenvalue weighted by molar-refractivity contribution is -0.121. The van der Waals surface area contributed by atoms with Crippen molar-refractivity contribution in [3.8, 4) is 0 Å². The molecule has 0 bridgehead atoms. The summed E-state index contributed by atoms with van der Waals surface area (Å²) in [6, 6.07) is 8.38. The molecule has 1 amide bonds. The minimum Gasteiger partial charge on any atom is -0.355 e. The van der Waals surface area contributed by atoms with Crippen molar-refractivity contribution in [1.82, 2.24) is 19.2 Å². The highest BCUT2D eigenvalue weighted by atomic mass is 19.1. The van der Waals surface area contributed by atoms with Crippen LogP contribution in [0.4, 0.5) is 4.39 Å². The Bertz CT molecular complexity index is 1090. The number of nitrogens with zero attached hydrogens (tertiary/aromatic N) is 3. The third kappa shape index (κ3) is 4.05. The second-order valence-electron chi connectivity index (χ2n) is 7.87. The molecule has 154 valence electrons. The van der Waals surface area contributed by atoms with Gasteiger partial charge in [-0.15, -0.1) is 0 Å². The highest BCUT2D eigenvalue weighted by Gasteiger charge is 2.18. The summed E-state index contributed by atoms with van der Waals surface area (Å²) in [5.41, 5.74) is 1.27. The Hall–Kier alpha value is -2.67. The molecule has 0 saturated carbocycles. The number of carbonyl (C=O) groups is 1. The maximum Gasteiger partial charge on any atom is 0.275 e. The Morgan fingerprint density at radius 2 is 2.07 bits per heavy atom. The van der Waals surface area contributed by atoms with Gasteiger partial charge in [0.2, 0.25) is 5.91 Å². The van der Waals surface area contributed by atoms with E-state index < -0.39 is 5.82 Å². The highest BCUT2D eigenvalue weighted by Crippen LogP contribution is 2.17. The van der Waals surface area contributed by atoms with Gasteiger partial charge in [0.15, 0.2) is 0 Å². The van der Waals surface area contributed by atoms with E-state index in [4.69, 9.17) is 0 Å². The van der Waals surface area contributed by atoms with Crippen LogP contribution in [0.15, 0.2) is 41.3 Å². The first kappa shape index (κ1) is 19.6. The number of benzene rings is 1. The molecule has 1 N–H and O–H groups in total.